The summed E-state index contributed by atoms with van der Waals surface area (Å²) in [4.78, 5) is 18.6. The minimum absolute atomic E-state index is 0.0687. The van der Waals surface area contributed by atoms with Gasteiger partial charge in [0.15, 0.2) is 0 Å². The number of rotatable bonds is 5. The van der Waals surface area contributed by atoms with Crippen molar-refractivity contribution in [1.82, 2.24) is 19.6 Å². The molecule has 0 unspecified atom stereocenters. The first-order valence-electron chi connectivity index (χ1n) is 9.34. The van der Waals surface area contributed by atoms with Crippen LogP contribution in [0.25, 0.3) is 22.6 Å². The number of ether oxygens (including phenoxy) is 1. The number of aromatic nitrogens is 2. The van der Waals surface area contributed by atoms with Gasteiger partial charge < -0.3 is 15.0 Å². The Labute approximate surface area is 196 Å². The predicted molar refractivity (Wildman–Crippen MR) is 120 cm³/mol. The van der Waals surface area contributed by atoms with Crippen molar-refractivity contribution in [2.45, 2.75) is 10.9 Å². The van der Waals surface area contributed by atoms with Crippen LogP contribution in [-0.2, 0) is 14.8 Å². The number of imidazole rings is 1. The molecule has 32 heavy (non-hydrogen) atoms. The minimum atomic E-state index is -3.88. The summed E-state index contributed by atoms with van der Waals surface area (Å²) in [5.74, 6) is -0.00153. The number of methoxy groups -OCH3 is 1. The summed E-state index contributed by atoms with van der Waals surface area (Å²) in [5, 5.41) is 2.62. The van der Waals surface area contributed by atoms with E-state index in [1.54, 1.807) is 24.4 Å². The number of sulfonamides is 1. The van der Waals surface area contributed by atoms with E-state index in [9.17, 15) is 17.6 Å². The third kappa shape index (κ3) is 4.38. The highest BCUT2D eigenvalue weighted by Gasteiger charge is 2.38. The molecule has 0 bridgehead atoms. The molecule has 0 spiro atoms. The lowest BCUT2D eigenvalue weighted by Crippen LogP contribution is -2.60. The third-order valence-electron chi connectivity index (χ3n) is 4.98. The number of carbonyl (C=O) groups excluding carboxylic acids is 1. The van der Waals surface area contributed by atoms with Gasteiger partial charge in [-0.2, -0.15) is 4.31 Å². The van der Waals surface area contributed by atoms with Crippen LogP contribution in [0.5, 0.6) is 0 Å². The molecule has 2 aromatic carbocycles. The molecule has 0 aliphatic carbocycles. The van der Waals surface area contributed by atoms with Crippen LogP contribution in [0.4, 0.5) is 9.18 Å². The van der Waals surface area contributed by atoms with Crippen molar-refractivity contribution in [2.24, 2.45) is 0 Å². The lowest BCUT2D eigenvalue weighted by atomic mass is 10.2. The van der Waals surface area contributed by atoms with E-state index in [0.29, 0.717) is 27.1 Å². The van der Waals surface area contributed by atoms with Gasteiger partial charge in [-0.1, -0.05) is 17.7 Å². The summed E-state index contributed by atoms with van der Waals surface area (Å²) >= 11 is 9.31. The lowest BCUT2D eigenvalue weighted by Gasteiger charge is -2.38. The highest BCUT2D eigenvalue weighted by Crippen LogP contribution is 2.32. The molecule has 0 atom stereocenters. The molecule has 4 rings (SSSR count). The summed E-state index contributed by atoms with van der Waals surface area (Å²) in [6, 6.07) is 8.90. The summed E-state index contributed by atoms with van der Waals surface area (Å²) in [5.41, 5.74) is 1.67. The van der Waals surface area contributed by atoms with Gasteiger partial charge in [-0.05, 0) is 46.3 Å². The minimum Gasteiger partial charge on any atom is -0.453 e. The van der Waals surface area contributed by atoms with E-state index in [4.69, 9.17) is 11.6 Å². The second-order valence-corrected chi connectivity index (χ2v) is 10.2. The van der Waals surface area contributed by atoms with Gasteiger partial charge in [0.05, 0.1) is 34.5 Å². The van der Waals surface area contributed by atoms with Crippen molar-refractivity contribution in [1.29, 1.82) is 0 Å². The van der Waals surface area contributed by atoms with E-state index in [-0.39, 0.29) is 29.0 Å². The summed E-state index contributed by atoms with van der Waals surface area (Å²) in [6.45, 7) is 0.218. The van der Waals surface area contributed by atoms with Gasteiger partial charge in [0, 0.05) is 24.2 Å². The molecule has 3 aromatic rings. The van der Waals surface area contributed by atoms with Crippen molar-refractivity contribution < 1.29 is 22.3 Å². The Hall–Kier alpha value is -2.47. The largest absolute Gasteiger partial charge is 0.453 e. The molecule has 1 aliphatic rings. The summed E-state index contributed by atoms with van der Waals surface area (Å²) in [7, 11) is -2.64. The number of aromatic amines is 1. The number of hydrogen-bond acceptors (Lipinski definition) is 5. The monoisotopic (exact) mass is 542 g/mol. The fourth-order valence-corrected chi connectivity index (χ4v) is 5.49. The number of H-pyrrole nitrogens is 1. The molecule has 1 amide bonds. The first-order valence-corrected chi connectivity index (χ1v) is 11.9. The van der Waals surface area contributed by atoms with E-state index >= 15 is 0 Å². The van der Waals surface area contributed by atoms with E-state index < -0.39 is 21.9 Å². The molecular formula is C20H17BrClFN4O4S. The summed E-state index contributed by atoms with van der Waals surface area (Å²) < 4.78 is 46.0. The number of halogens is 3. The molecule has 2 N–H and O–H groups in total. The van der Waals surface area contributed by atoms with Gasteiger partial charge in [-0.3, -0.25) is 0 Å². The van der Waals surface area contributed by atoms with Crippen LogP contribution in [0.15, 0.2) is 52.0 Å². The number of nitrogens with one attached hydrogen (secondary N) is 2. The van der Waals surface area contributed by atoms with Gasteiger partial charge >= 0.3 is 6.09 Å². The maximum absolute atomic E-state index is 13.9. The molecule has 168 valence electrons. The second kappa shape index (κ2) is 8.81. The van der Waals surface area contributed by atoms with E-state index in [1.165, 1.54) is 29.6 Å². The Balaban J connectivity index is 1.58. The molecule has 0 saturated carbocycles. The van der Waals surface area contributed by atoms with Crippen LogP contribution in [0.3, 0.4) is 0 Å². The molecule has 1 aromatic heterocycles. The first-order chi connectivity index (χ1) is 15.2. The van der Waals surface area contributed by atoms with Crippen molar-refractivity contribution in [3.63, 3.8) is 0 Å². The van der Waals surface area contributed by atoms with Crippen LogP contribution >= 0.6 is 27.5 Å². The number of hydrogen-bond donors (Lipinski definition) is 2. The first kappa shape index (κ1) is 22.7. The molecule has 2 heterocycles. The lowest BCUT2D eigenvalue weighted by molar-refractivity contribution is 0.149. The zero-order chi connectivity index (χ0) is 23.0. The fraction of sp³-hybridized carbons (Fsp3) is 0.200. The van der Waals surface area contributed by atoms with E-state index in [2.05, 4.69) is 36.0 Å². The fourth-order valence-electron chi connectivity index (χ4n) is 3.22. The molecule has 1 aliphatic heterocycles. The van der Waals surface area contributed by atoms with Gasteiger partial charge in [-0.25, -0.2) is 22.6 Å². The Morgan fingerprint density at radius 1 is 1.28 bits per heavy atom. The van der Waals surface area contributed by atoms with Crippen LogP contribution in [0.2, 0.25) is 5.02 Å². The SMILES string of the molecule is COC(=O)NC1CN(S(=O)(=O)c2cc(-c3ncc(-c4ccc(Br)c(F)c4)[nH]3)ccc2Cl)C1. The van der Waals surface area contributed by atoms with Crippen LogP contribution < -0.4 is 5.32 Å². The van der Waals surface area contributed by atoms with Crippen LogP contribution in [-0.4, -0.2) is 55.0 Å². The van der Waals surface area contributed by atoms with Crippen LogP contribution in [0.1, 0.15) is 0 Å². The van der Waals surface area contributed by atoms with Gasteiger partial charge in [0.1, 0.15) is 16.5 Å². The quantitative estimate of drug-likeness (QED) is 0.506. The van der Waals surface area contributed by atoms with Gasteiger partial charge in [0.2, 0.25) is 10.0 Å². The molecule has 12 heteroatoms. The highest BCUT2D eigenvalue weighted by atomic mass is 79.9. The van der Waals surface area contributed by atoms with Crippen molar-refractivity contribution in [3.8, 4) is 22.6 Å². The standard InChI is InChI=1S/C20H17BrClFN4O4S/c1-31-20(28)25-13-9-27(10-13)32(29,30)18-7-12(3-5-15(18)22)19-24-8-17(26-19)11-2-4-14(21)16(23)6-11/h2-8,13H,9-10H2,1H3,(H,24,26)(H,25,28). The number of benzene rings is 2. The Morgan fingerprint density at radius 3 is 2.69 bits per heavy atom. The highest BCUT2D eigenvalue weighted by molar-refractivity contribution is 9.10. The molecular weight excluding hydrogens is 527 g/mol. The Kier molecular flexibility index (Phi) is 6.26. The molecule has 0 radical (unpaired) electrons. The molecule has 8 nitrogen and oxygen atoms in total. The third-order valence-corrected chi connectivity index (χ3v) is 7.94. The number of carbonyl (C=O) groups is 1. The topological polar surface area (TPSA) is 104 Å². The summed E-state index contributed by atoms with van der Waals surface area (Å²) in [6.07, 6.45) is 0.922. The van der Waals surface area contributed by atoms with Crippen molar-refractivity contribution in [2.75, 3.05) is 20.2 Å². The van der Waals surface area contributed by atoms with Crippen molar-refractivity contribution in [3.05, 3.63) is 57.9 Å². The Bertz CT molecular complexity index is 1290. The average Bonchev–Trinajstić information content (AvgIpc) is 3.22. The van der Waals surface area contributed by atoms with Gasteiger partial charge in [-0.15, -0.1) is 0 Å². The van der Waals surface area contributed by atoms with Crippen LogP contribution in [0, 0.1) is 5.82 Å². The number of alkyl carbamates (subject to hydrolysis) is 1. The van der Waals surface area contributed by atoms with E-state index in [0.717, 1.165) is 0 Å². The smallest absolute Gasteiger partial charge is 0.407 e. The predicted octanol–water partition coefficient (Wildman–Crippen LogP) is 4.03. The molecule has 1 fully saturated rings. The Morgan fingerprint density at radius 2 is 2.00 bits per heavy atom. The number of amides is 1. The normalized spacial score (nSPS) is 14.8. The zero-order valence-corrected chi connectivity index (χ0v) is 19.8. The van der Waals surface area contributed by atoms with Gasteiger partial charge in [0.25, 0.3) is 0 Å². The van der Waals surface area contributed by atoms with Crippen molar-refractivity contribution >= 4 is 43.6 Å². The average molecular weight is 544 g/mol. The zero-order valence-electron chi connectivity index (χ0n) is 16.6. The molecule has 1 saturated heterocycles. The second-order valence-electron chi connectivity index (χ2n) is 7.07. The maximum Gasteiger partial charge on any atom is 0.407 e. The van der Waals surface area contributed by atoms with E-state index in [1.807, 2.05) is 0 Å². The maximum atomic E-state index is 13.9. The number of nitrogens with zero attached hydrogens (tertiary/aromatic N) is 2.